The van der Waals surface area contributed by atoms with Crippen LogP contribution in [0.1, 0.15) is 32.8 Å². The van der Waals surface area contributed by atoms with E-state index in [1.54, 1.807) is 13.0 Å². The van der Waals surface area contributed by atoms with Crippen LogP contribution in [-0.2, 0) is 9.53 Å². The standard InChI is InChI=1S/C19H20O6/c1-4-16(23)25-15(8-5-10(2)3)11-9-14(22)17-12(20)6-7-13(21)18(17)19(11)24/h5-9,20-22,24H,4H2,1-3H3/b15-8-. The van der Waals surface area contributed by atoms with Crippen molar-refractivity contribution in [1.29, 1.82) is 0 Å². The molecule has 0 aromatic heterocycles. The van der Waals surface area contributed by atoms with E-state index in [4.69, 9.17) is 4.74 Å². The van der Waals surface area contributed by atoms with E-state index in [9.17, 15) is 25.2 Å². The minimum absolute atomic E-state index is 0.0187. The first-order valence-electron chi connectivity index (χ1n) is 7.72. The molecule has 132 valence electrons. The lowest BCUT2D eigenvalue weighted by Crippen LogP contribution is -2.02. The number of aromatic hydroxyl groups is 4. The quantitative estimate of drug-likeness (QED) is 0.290. The van der Waals surface area contributed by atoms with Crippen LogP contribution in [0.2, 0.25) is 0 Å². The fourth-order valence-corrected chi connectivity index (χ4v) is 2.30. The molecule has 6 heteroatoms. The number of phenolic OH excluding ortho intramolecular Hbond substituents is 4. The first kappa shape index (κ1) is 18.2. The van der Waals surface area contributed by atoms with Crippen molar-refractivity contribution in [3.05, 3.63) is 41.5 Å². The highest BCUT2D eigenvalue weighted by Crippen LogP contribution is 2.46. The van der Waals surface area contributed by atoms with Crippen molar-refractivity contribution in [2.24, 2.45) is 0 Å². The molecule has 0 bridgehead atoms. The Morgan fingerprint density at radius 2 is 1.60 bits per heavy atom. The van der Waals surface area contributed by atoms with Gasteiger partial charge in [0.1, 0.15) is 28.8 Å². The smallest absolute Gasteiger partial charge is 0.310 e. The molecule has 2 aromatic rings. The molecular weight excluding hydrogens is 324 g/mol. The topological polar surface area (TPSA) is 107 Å². The summed E-state index contributed by atoms with van der Waals surface area (Å²) in [5.41, 5.74) is 0.945. The van der Waals surface area contributed by atoms with Crippen LogP contribution < -0.4 is 0 Å². The molecule has 0 fully saturated rings. The van der Waals surface area contributed by atoms with Gasteiger partial charge in [-0.25, -0.2) is 0 Å². The van der Waals surface area contributed by atoms with Gasteiger partial charge in [-0.15, -0.1) is 0 Å². The Labute approximate surface area is 144 Å². The van der Waals surface area contributed by atoms with Gasteiger partial charge in [0.15, 0.2) is 0 Å². The minimum atomic E-state index is -0.521. The van der Waals surface area contributed by atoms with Crippen LogP contribution in [0.4, 0.5) is 0 Å². The number of hydrogen-bond acceptors (Lipinski definition) is 6. The zero-order valence-electron chi connectivity index (χ0n) is 14.2. The highest BCUT2D eigenvalue weighted by Gasteiger charge is 2.21. The second-order valence-electron chi connectivity index (χ2n) is 5.75. The summed E-state index contributed by atoms with van der Waals surface area (Å²) >= 11 is 0. The molecule has 4 N–H and O–H groups in total. The van der Waals surface area contributed by atoms with Gasteiger partial charge in [0.2, 0.25) is 0 Å². The van der Waals surface area contributed by atoms with Crippen molar-refractivity contribution >= 4 is 22.5 Å². The Kier molecular flexibility index (Phi) is 5.22. The van der Waals surface area contributed by atoms with Gasteiger partial charge in [0, 0.05) is 6.42 Å². The molecule has 0 aliphatic carbocycles. The van der Waals surface area contributed by atoms with E-state index in [2.05, 4.69) is 0 Å². The van der Waals surface area contributed by atoms with Crippen LogP contribution >= 0.6 is 0 Å². The fraction of sp³-hybridized carbons (Fsp3) is 0.211. The van der Waals surface area contributed by atoms with Crippen molar-refractivity contribution in [2.45, 2.75) is 27.2 Å². The van der Waals surface area contributed by atoms with Gasteiger partial charge in [-0.05, 0) is 38.1 Å². The van der Waals surface area contributed by atoms with Crippen molar-refractivity contribution < 1.29 is 30.0 Å². The Hall–Kier alpha value is -3.15. The Morgan fingerprint density at radius 1 is 1.00 bits per heavy atom. The molecule has 0 saturated heterocycles. The van der Waals surface area contributed by atoms with E-state index in [0.717, 1.165) is 5.57 Å². The maximum absolute atomic E-state index is 11.7. The zero-order valence-corrected chi connectivity index (χ0v) is 14.2. The first-order valence-corrected chi connectivity index (χ1v) is 7.72. The van der Waals surface area contributed by atoms with Gasteiger partial charge in [-0.2, -0.15) is 0 Å². The summed E-state index contributed by atoms with van der Waals surface area (Å²) in [6, 6.07) is 3.57. The van der Waals surface area contributed by atoms with Crippen molar-refractivity contribution in [3.8, 4) is 23.0 Å². The lowest BCUT2D eigenvalue weighted by Gasteiger charge is -2.14. The Bertz CT molecular complexity index is 889. The monoisotopic (exact) mass is 344 g/mol. The van der Waals surface area contributed by atoms with Crippen LogP contribution in [0.5, 0.6) is 23.0 Å². The second-order valence-corrected chi connectivity index (χ2v) is 5.75. The molecule has 0 unspecified atom stereocenters. The molecule has 0 aliphatic heterocycles. The van der Waals surface area contributed by atoms with Crippen LogP contribution in [0.15, 0.2) is 35.9 Å². The predicted octanol–water partition coefficient (Wildman–Crippen LogP) is 3.92. The van der Waals surface area contributed by atoms with Gasteiger partial charge in [0.25, 0.3) is 0 Å². The summed E-state index contributed by atoms with van der Waals surface area (Å²) in [5, 5.41) is 40.5. The molecule has 0 heterocycles. The summed E-state index contributed by atoms with van der Waals surface area (Å²) < 4.78 is 5.25. The third-order valence-electron chi connectivity index (χ3n) is 3.54. The van der Waals surface area contributed by atoms with E-state index >= 15 is 0 Å². The van der Waals surface area contributed by atoms with Crippen LogP contribution in [0.3, 0.4) is 0 Å². The third-order valence-corrected chi connectivity index (χ3v) is 3.54. The maximum Gasteiger partial charge on any atom is 0.310 e. The van der Waals surface area contributed by atoms with E-state index in [-0.39, 0.29) is 45.8 Å². The number of allylic oxidation sites excluding steroid dienone is 3. The lowest BCUT2D eigenvalue weighted by molar-refractivity contribution is -0.136. The number of esters is 1. The SMILES string of the molecule is CCC(=O)O/C(=C\C=C(C)C)c1cc(O)c2c(O)ccc(O)c2c1O. The van der Waals surface area contributed by atoms with Gasteiger partial charge < -0.3 is 25.2 Å². The molecule has 0 atom stereocenters. The summed E-state index contributed by atoms with van der Waals surface area (Å²) in [4.78, 5) is 11.7. The number of carbonyl (C=O) groups excluding carboxylic acids is 1. The molecule has 2 rings (SSSR count). The van der Waals surface area contributed by atoms with E-state index in [0.29, 0.717) is 0 Å². The van der Waals surface area contributed by atoms with Gasteiger partial charge in [-0.3, -0.25) is 4.79 Å². The first-order chi connectivity index (χ1) is 11.8. The number of rotatable bonds is 4. The largest absolute Gasteiger partial charge is 0.507 e. The van der Waals surface area contributed by atoms with Gasteiger partial charge in [0.05, 0.1) is 16.3 Å². The zero-order chi connectivity index (χ0) is 18.7. The van der Waals surface area contributed by atoms with Crippen LogP contribution in [0, 0.1) is 0 Å². The molecule has 0 amide bonds. The predicted molar refractivity (Wildman–Crippen MR) is 94.4 cm³/mol. The number of benzene rings is 2. The number of phenols is 4. The molecule has 25 heavy (non-hydrogen) atoms. The van der Waals surface area contributed by atoms with Gasteiger partial charge >= 0.3 is 5.97 Å². The van der Waals surface area contributed by atoms with E-state index in [1.165, 1.54) is 24.3 Å². The fourth-order valence-electron chi connectivity index (χ4n) is 2.30. The van der Waals surface area contributed by atoms with E-state index in [1.807, 2.05) is 13.8 Å². The molecule has 6 nitrogen and oxygen atoms in total. The summed E-state index contributed by atoms with van der Waals surface area (Å²) in [7, 11) is 0. The van der Waals surface area contributed by atoms with Gasteiger partial charge in [-0.1, -0.05) is 18.6 Å². The summed E-state index contributed by atoms with van der Waals surface area (Å²) in [6.45, 7) is 5.32. The number of fused-ring (bicyclic) bond motifs is 1. The van der Waals surface area contributed by atoms with Crippen LogP contribution in [0.25, 0.3) is 16.5 Å². The molecule has 0 radical (unpaired) electrons. The number of ether oxygens (including phenoxy) is 1. The summed E-state index contributed by atoms with van der Waals surface area (Å²) in [6.07, 6.45) is 3.29. The Morgan fingerprint density at radius 3 is 2.16 bits per heavy atom. The average Bonchev–Trinajstić information content (AvgIpc) is 2.56. The maximum atomic E-state index is 11.7. The number of hydrogen-bond donors (Lipinski definition) is 4. The third kappa shape index (κ3) is 3.68. The summed E-state index contributed by atoms with van der Waals surface area (Å²) in [5.74, 6) is -1.92. The normalized spacial score (nSPS) is 11.4. The molecule has 0 saturated carbocycles. The lowest BCUT2D eigenvalue weighted by atomic mass is 10.0. The molecule has 0 spiro atoms. The minimum Gasteiger partial charge on any atom is -0.507 e. The molecular formula is C19H20O6. The van der Waals surface area contributed by atoms with Crippen molar-refractivity contribution in [3.63, 3.8) is 0 Å². The Balaban J connectivity index is 2.78. The van der Waals surface area contributed by atoms with Crippen molar-refractivity contribution in [2.75, 3.05) is 0 Å². The highest BCUT2D eigenvalue weighted by molar-refractivity contribution is 6.04. The van der Waals surface area contributed by atoms with Crippen LogP contribution in [-0.4, -0.2) is 26.4 Å². The highest BCUT2D eigenvalue weighted by atomic mass is 16.5. The van der Waals surface area contributed by atoms with Crippen molar-refractivity contribution in [1.82, 2.24) is 0 Å². The second kappa shape index (κ2) is 7.17. The molecule has 0 aliphatic rings. The average molecular weight is 344 g/mol. The van der Waals surface area contributed by atoms with E-state index < -0.39 is 11.7 Å². The number of carbonyl (C=O) groups is 1. The molecule has 2 aromatic carbocycles.